The summed E-state index contributed by atoms with van der Waals surface area (Å²) in [6.07, 6.45) is 0. The normalized spacial score (nSPS) is 14.4. The van der Waals surface area contributed by atoms with E-state index in [0.29, 0.717) is 5.82 Å². The predicted octanol–water partition coefficient (Wildman–Crippen LogP) is 3.14. The van der Waals surface area contributed by atoms with E-state index >= 15 is 0 Å². The highest BCUT2D eigenvalue weighted by molar-refractivity contribution is 9.11. The smallest absolute Gasteiger partial charge is 0.191 e. The van der Waals surface area contributed by atoms with Crippen LogP contribution in [-0.2, 0) is 0 Å². The molecule has 1 aromatic carbocycles. The summed E-state index contributed by atoms with van der Waals surface area (Å²) in [6, 6.07) is 6.36. The number of nitrogens with one attached hydrogen (secondary N) is 2. The minimum atomic E-state index is 0.0364. The van der Waals surface area contributed by atoms with Crippen molar-refractivity contribution in [2.75, 3.05) is 0 Å². The largest absolute Gasteiger partial charge is 0.301 e. The van der Waals surface area contributed by atoms with Gasteiger partial charge in [0.25, 0.3) is 0 Å². The van der Waals surface area contributed by atoms with Gasteiger partial charge >= 0.3 is 0 Å². The molecule has 2 atom stereocenters. The molecule has 0 radical (unpaired) electrons. The molecule has 0 spiro atoms. The Morgan fingerprint density at radius 3 is 2.61 bits per heavy atom. The lowest BCUT2D eigenvalue weighted by molar-refractivity contribution is 0.476. The Morgan fingerprint density at radius 1 is 1.22 bits per heavy atom. The van der Waals surface area contributed by atoms with Gasteiger partial charge in [-0.2, -0.15) is 5.21 Å². The Balaban J connectivity index is 2.10. The number of H-pyrrole nitrogens is 1. The second kappa shape index (κ2) is 5.90. The Labute approximate surface area is 122 Å². The highest BCUT2D eigenvalue weighted by Crippen LogP contribution is 2.27. The maximum atomic E-state index is 3.97. The maximum absolute atomic E-state index is 3.97. The Hall–Kier alpha value is -0.790. The van der Waals surface area contributed by atoms with E-state index in [9.17, 15) is 0 Å². The van der Waals surface area contributed by atoms with E-state index in [2.05, 4.69) is 70.8 Å². The molecule has 0 fully saturated rings. The number of hydrogen-bond acceptors (Lipinski definition) is 4. The van der Waals surface area contributed by atoms with E-state index in [0.717, 1.165) is 8.95 Å². The first-order valence-electron chi connectivity index (χ1n) is 5.52. The lowest BCUT2D eigenvalue weighted by atomic mass is 10.1. The number of aromatic nitrogens is 4. The standard InChI is InChI=1S/C11H13Br2N5/c1-6(9-4-3-8(12)5-10(9)13)14-7(2)11-15-17-18-16-11/h3-7,14H,1-2H3,(H,15,16,17,18). The van der Waals surface area contributed by atoms with E-state index < -0.39 is 0 Å². The van der Waals surface area contributed by atoms with Crippen molar-refractivity contribution >= 4 is 31.9 Å². The average Bonchev–Trinajstić information content (AvgIpc) is 2.81. The van der Waals surface area contributed by atoms with Crippen molar-refractivity contribution in [2.45, 2.75) is 25.9 Å². The number of benzene rings is 1. The molecular weight excluding hydrogens is 362 g/mol. The highest BCUT2D eigenvalue weighted by Gasteiger charge is 2.16. The molecule has 7 heteroatoms. The van der Waals surface area contributed by atoms with E-state index in [1.165, 1.54) is 5.56 Å². The number of aromatic amines is 1. The number of tetrazole rings is 1. The van der Waals surface area contributed by atoms with Crippen LogP contribution in [0.15, 0.2) is 27.1 Å². The van der Waals surface area contributed by atoms with Gasteiger partial charge in [0.15, 0.2) is 5.82 Å². The minimum Gasteiger partial charge on any atom is -0.301 e. The fraction of sp³-hybridized carbons (Fsp3) is 0.364. The monoisotopic (exact) mass is 373 g/mol. The molecule has 18 heavy (non-hydrogen) atoms. The van der Waals surface area contributed by atoms with Crippen molar-refractivity contribution in [3.05, 3.63) is 38.5 Å². The van der Waals surface area contributed by atoms with Crippen molar-refractivity contribution in [1.82, 2.24) is 25.9 Å². The molecule has 1 heterocycles. The van der Waals surface area contributed by atoms with Crippen LogP contribution in [0.25, 0.3) is 0 Å². The van der Waals surface area contributed by atoms with Gasteiger partial charge < -0.3 is 5.32 Å². The van der Waals surface area contributed by atoms with Gasteiger partial charge in [-0.05, 0) is 31.5 Å². The summed E-state index contributed by atoms with van der Waals surface area (Å²) < 4.78 is 2.12. The summed E-state index contributed by atoms with van der Waals surface area (Å²) in [7, 11) is 0. The summed E-state index contributed by atoms with van der Waals surface area (Å²) in [5, 5.41) is 17.4. The van der Waals surface area contributed by atoms with Gasteiger partial charge in [-0.3, -0.25) is 0 Å². The molecule has 0 saturated carbocycles. The number of hydrogen-bond donors (Lipinski definition) is 2. The van der Waals surface area contributed by atoms with Gasteiger partial charge in [-0.1, -0.05) is 43.1 Å². The fourth-order valence-corrected chi connectivity index (χ4v) is 3.14. The number of halogens is 2. The molecule has 2 unspecified atom stereocenters. The van der Waals surface area contributed by atoms with Gasteiger partial charge in [-0.25, -0.2) is 0 Å². The van der Waals surface area contributed by atoms with Crippen LogP contribution in [0.3, 0.4) is 0 Å². The van der Waals surface area contributed by atoms with Gasteiger partial charge in [0.1, 0.15) is 0 Å². The molecule has 0 aliphatic carbocycles. The lowest BCUT2D eigenvalue weighted by Crippen LogP contribution is -2.23. The Kier molecular flexibility index (Phi) is 4.47. The van der Waals surface area contributed by atoms with Crippen molar-refractivity contribution in [1.29, 1.82) is 0 Å². The average molecular weight is 375 g/mol. The van der Waals surface area contributed by atoms with Crippen molar-refractivity contribution < 1.29 is 0 Å². The molecule has 2 aromatic rings. The van der Waals surface area contributed by atoms with Crippen LogP contribution in [0.1, 0.15) is 37.3 Å². The Bertz CT molecular complexity index is 514. The highest BCUT2D eigenvalue weighted by atomic mass is 79.9. The van der Waals surface area contributed by atoms with Crippen LogP contribution < -0.4 is 5.32 Å². The van der Waals surface area contributed by atoms with Crippen LogP contribution >= 0.6 is 31.9 Å². The summed E-state index contributed by atoms with van der Waals surface area (Å²) in [6.45, 7) is 4.11. The third kappa shape index (κ3) is 3.15. The molecule has 96 valence electrons. The molecule has 2 N–H and O–H groups in total. The van der Waals surface area contributed by atoms with Crippen LogP contribution in [0.2, 0.25) is 0 Å². The van der Waals surface area contributed by atoms with E-state index in [-0.39, 0.29) is 12.1 Å². The molecular formula is C11H13Br2N5. The molecule has 0 bridgehead atoms. The molecule has 0 amide bonds. The third-order valence-corrected chi connectivity index (χ3v) is 3.86. The zero-order chi connectivity index (χ0) is 13.1. The molecule has 0 aliphatic rings. The van der Waals surface area contributed by atoms with Crippen molar-refractivity contribution in [3.8, 4) is 0 Å². The summed E-state index contributed by atoms with van der Waals surface area (Å²) in [5.41, 5.74) is 1.19. The van der Waals surface area contributed by atoms with E-state index in [1.54, 1.807) is 0 Å². The predicted molar refractivity (Wildman–Crippen MR) is 76.0 cm³/mol. The fourth-order valence-electron chi connectivity index (χ4n) is 1.74. The summed E-state index contributed by atoms with van der Waals surface area (Å²) in [4.78, 5) is 0. The van der Waals surface area contributed by atoms with E-state index in [4.69, 9.17) is 0 Å². The van der Waals surface area contributed by atoms with Crippen molar-refractivity contribution in [3.63, 3.8) is 0 Å². The third-order valence-electron chi connectivity index (χ3n) is 2.68. The van der Waals surface area contributed by atoms with Crippen LogP contribution in [0, 0.1) is 0 Å². The van der Waals surface area contributed by atoms with Gasteiger partial charge in [0, 0.05) is 15.0 Å². The number of nitrogens with zero attached hydrogens (tertiary/aromatic N) is 3. The molecule has 0 aliphatic heterocycles. The SMILES string of the molecule is CC(NC(C)c1ccc(Br)cc1Br)c1nn[nH]n1. The van der Waals surface area contributed by atoms with Crippen LogP contribution in [-0.4, -0.2) is 20.6 Å². The van der Waals surface area contributed by atoms with Crippen molar-refractivity contribution in [2.24, 2.45) is 0 Å². The van der Waals surface area contributed by atoms with Crippen LogP contribution in [0.5, 0.6) is 0 Å². The quantitative estimate of drug-likeness (QED) is 0.862. The molecule has 2 rings (SSSR count). The van der Waals surface area contributed by atoms with E-state index in [1.807, 2.05) is 19.1 Å². The minimum absolute atomic E-state index is 0.0364. The summed E-state index contributed by atoms with van der Waals surface area (Å²) in [5.74, 6) is 0.662. The zero-order valence-electron chi connectivity index (χ0n) is 9.98. The van der Waals surface area contributed by atoms with Gasteiger partial charge in [0.05, 0.1) is 6.04 Å². The van der Waals surface area contributed by atoms with Crippen LogP contribution in [0.4, 0.5) is 0 Å². The second-order valence-electron chi connectivity index (χ2n) is 4.05. The molecule has 5 nitrogen and oxygen atoms in total. The van der Waals surface area contributed by atoms with Gasteiger partial charge in [0.2, 0.25) is 0 Å². The lowest BCUT2D eigenvalue weighted by Gasteiger charge is -2.19. The van der Waals surface area contributed by atoms with Gasteiger partial charge in [-0.15, -0.1) is 10.2 Å². The zero-order valence-corrected chi connectivity index (χ0v) is 13.2. The first-order valence-corrected chi connectivity index (χ1v) is 7.11. The maximum Gasteiger partial charge on any atom is 0.191 e. The Morgan fingerprint density at radius 2 is 2.00 bits per heavy atom. The first-order chi connectivity index (χ1) is 8.58. The second-order valence-corrected chi connectivity index (χ2v) is 5.82. The first kappa shape index (κ1) is 13.6. The summed E-state index contributed by atoms with van der Waals surface area (Å²) >= 11 is 7.01. The molecule has 0 saturated heterocycles. The molecule has 1 aromatic heterocycles. The topological polar surface area (TPSA) is 66.5 Å². The number of rotatable bonds is 4.